The van der Waals surface area contributed by atoms with Crippen molar-refractivity contribution in [1.29, 1.82) is 0 Å². The molecular formula is C42H42N4O4. The van der Waals surface area contributed by atoms with Gasteiger partial charge in [0.2, 0.25) is 0 Å². The Morgan fingerprint density at radius 1 is 0.840 bits per heavy atom. The van der Waals surface area contributed by atoms with Crippen LogP contribution in [0.1, 0.15) is 70.6 Å². The molecule has 5 atom stereocenters. The Morgan fingerprint density at radius 2 is 1.52 bits per heavy atom. The molecule has 50 heavy (non-hydrogen) atoms. The first kappa shape index (κ1) is 33.5. The van der Waals surface area contributed by atoms with Crippen molar-refractivity contribution in [3.05, 3.63) is 155 Å². The molecule has 0 aliphatic carbocycles. The van der Waals surface area contributed by atoms with Crippen LogP contribution in [0.2, 0.25) is 0 Å². The van der Waals surface area contributed by atoms with Crippen LogP contribution in [-0.4, -0.2) is 45.6 Å². The highest BCUT2D eigenvalue weighted by Crippen LogP contribution is 2.42. The summed E-state index contributed by atoms with van der Waals surface area (Å²) < 4.78 is 13.4. The SMILES string of the molecule is C[C@@H]1[C@H](CN(C)[C@H](C)c2ccc3ccccc3c2)O[C@H](c2ccc(CNC(=O)c3cnc4ccccc4n3)cc2)O[C@@H]1c1ccc(CO)cc1. The van der Waals surface area contributed by atoms with Crippen molar-refractivity contribution in [2.24, 2.45) is 5.92 Å². The van der Waals surface area contributed by atoms with Crippen LogP contribution in [0.15, 0.2) is 121 Å². The first-order valence-electron chi connectivity index (χ1n) is 17.1. The third-order valence-corrected chi connectivity index (χ3v) is 9.89. The predicted octanol–water partition coefficient (Wildman–Crippen LogP) is 7.69. The van der Waals surface area contributed by atoms with E-state index in [1.807, 2.05) is 72.8 Å². The summed E-state index contributed by atoms with van der Waals surface area (Å²) in [5.41, 5.74) is 6.73. The number of aliphatic hydroxyl groups is 1. The van der Waals surface area contributed by atoms with Crippen LogP contribution in [-0.2, 0) is 22.6 Å². The molecule has 2 heterocycles. The molecule has 1 aromatic heterocycles. The normalized spacial score (nSPS) is 19.9. The molecule has 0 bridgehead atoms. The summed E-state index contributed by atoms with van der Waals surface area (Å²) in [7, 11) is 2.15. The molecule has 2 N–H and O–H groups in total. The van der Waals surface area contributed by atoms with Crippen LogP contribution in [0.3, 0.4) is 0 Å². The van der Waals surface area contributed by atoms with Gasteiger partial charge >= 0.3 is 0 Å². The van der Waals surface area contributed by atoms with Gasteiger partial charge in [0.05, 0.1) is 36.0 Å². The van der Waals surface area contributed by atoms with Crippen molar-refractivity contribution in [2.75, 3.05) is 13.6 Å². The number of carbonyl (C=O) groups excluding carboxylic acids is 1. The monoisotopic (exact) mass is 666 g/mol. The summed E-state index contributed by atoms with van der Waals surface area (Å²) in [4.78, 5) is 24.0. The standard InChI is InChI=1S/C42H42N4O4/c1-27-39(25-46(3)28(2)34-21-20-31-8-4-5-9-35(31)22-34)49-42(50-40(27)32-16-14-30(26-47)15-17-32)33-18-12-29(13-19-33)23-44-41(48)38-24-43-36-10-6-7-11-37(36)45-38/h4-22,24,27-28,39-40,42,47H,23,25-26H2,1-3H3,(H,44,48)/t27-,28-,39+,40+,42+/m1/s1. The first-order valence-corrected chi connectivity index (χ1v) is 17.1. The minimum absolute atomic E-state index is 0.00433. The largest absolute Gasteiger partial charge is 0.392 e. The van der Waals surface area contributed by atoms with Crippen molar-refractivity contribution in [3.8, 4) is 0 Å². The van der Waals surface area contributed by atoms with E-state index in [0.717, 1.165) is 27.8 Å². The smallest absolute Gasteiger partial charge is 0.271 e. The van der Waals surface area contributed by atoms with Gasteiger partial charge in [-0.05, 0) is 65.2 Å². The van der Waals surface area contributed by atoms with E-state index in [1.165, 1.54) is 22.5 Å². The summed E-state index contributed by atoms with van der Waals surface area (Å²) >= 11 is 0. The number of nitrogens with one attached hydrogen (secondary N) is 1. The molecule has 0 radical (unpaired) electrons. The molecule has 6 aromatic rings. The molecule has 0 unspecified atom stereocenters. The molecule has 1 fully saturated rings. The number of aromatic nitrogens is 2. The van der Waals surface area contributed by atoms with Gasteiger partial charge in [0.15, 0.2) is 6.29 Å². The van der Waals surface area contributed by atoms with Crippen LogP contribution < -0.4 is 5.32 Å². The number of para-hydroxylation sites is 2. The van der Waals surface area contributed by atoms with E-state index < -0.39 is 6.29 Å². The van der Waals surface area contributed by atoms with E-state index in [0.29, 0.717) is 18.6 Å². The molecular weight excluding hydrogens is 624 g/mol. The highest BCUT2D eigenvalue weighted by molar-refractivity contribution is 5.93. The molecule has 1 aliphatic rings. The number of carbonyl (C=O) groups is 1. The predicted molar refractivity (Wildman–Crippen MR) is 195 cm³/mol. The summed E-state index contributed by atoms with van der Waals surface area (Å²) in [5, 5.41) is 15.1. The van der Waals surface area contributed by atoms with E-state index >= 15 is 0 Å². The molecule has 7 rings (SSSR count). The number of benzene rings is 5. The quantitative estimate of drug-likeness (QED) is 0.155. The third-order valence-electron chi connectivity index (χ3n) is 9.89. The zero-order valence-electron chi connectivity index (χ0n) is 28.6. The lowest BCUT2D eigenvalue weighted by Crippen LogP contribution is -2.44. The number of ether oxygens (including phenoxy) is 2. The van der Waals surface area contributed by atoms with Crippen molar-refractivity contribution in [2.45, 2.75) is 51.5 Å². The summed E-state index contributed by atoms with van der Waals surface area (Å²) in [6, 6.07) is 38.7. The van der Waals surface area contributed by atoms with Crippen LogP contribution >= 0.6 is 0 Å². The second-order valence-electron chi connectivity index (χ2n) is 13.2. The molecule has 1 amide bonds. The second-order valence-corrected chi connectivity index (χ2v) is 13.2. The maximum atomic E-state index is 12.9. The number of rotatable bonds is 10. The van der Waals surface area contributed by atoms with Gasteiger partial charge in [0.1, 0.15) is 5.69 Å². The Labute approximate surface area is 292 Å². The summed E-state index contributed by atoms with van der Waals surface area (Å²) in [5.74, 6) is -0.217. The Balaban J connectivity index is 1.07. The first-order chi connectivity index (χ1) is 24.4. The van der Waals surface area contributed by atoms with Gasteiger partial charge in [-0.1, -0.05) is 104 Å². The summed E-state index contributed by atoms with van der Waals surface area (Å²) in [6.45, 7) is 5.47. The van der Waals surface area contributed by atoms with Crippen molar-refractivity contribution in [3.63, 3.8) is 0 Å². The maximum Gasteiger partial charge on any atom is 0.271 e. The highest BCUT2D eigenvalue weighted by atomic mass is 16.7. The number of hydrogen-bond acceptors (Lipinski definition) is 7. The maximum absolute atomic E-state index is 12.9. The average Bonchev–Trinajstić information content (AvgIpc) is 3.17. The Morgan fingerprint density at radius 3 is 2.28 bits per heavy atom. The van der Waals surface area contributed by atoms with Gasteiger partial charge in [-0.2, -0.15) is 0 Å². The van der Waals surface area contributed by atoms with Gasteiger partial charge in [-0.15, -0.1) is 0 Å². The lowest BCUT2D eigenvalue weighted by atomic mass is 9.89. The van der Waals surface area contributed by atoms with Gasteiger partial charge in [0.25, 0.3) is 5.91 Å². The minimum atomic E-state index is -0.584. The van der Waals surface area contributed by atoms with Crippen LogP contribution in [0, 0.1) is 5.92 Å². The molecule has 1 aliphatic heterocycles. The fourth-order valence-corrected chi connectivity index (χ4v) is 6.62. The molecule has 1 saturated heterocycles. The minimum Gasteiger partial charge on any atom is -0.392 e. The average molecular weight is 667 g/mol. The summed E-state index contributed by atoms with van der Waals surface area (Å²) in [6.07, 6.45) is 0.590. The van der Waals surface area contributed by atoms with E-state index in [1.54, 1.807) is 0 Å². The molecule has 254 valence electrons. The zero-order chi connectivity index (χ0) is 34.6. The topological polar surface area (TPSA) is 96.8 Å². The van der Waals surface area contributed by atoms with E-state index in [2.05, 4.69) is 83.5 Å². The Kier molecular flexibility index (Phi) is 9.96. The molecule has 0 spiro atoms. The number of amides is 1. The van der Waals surface area contributed by atoms with Gasteiger partial charge in [0, 0.05) is 30.6 Å². The third kappa shape index (κ3) is 7.29. The van der Waals surface area contributed by atoms with Crippen LogP contribution in [0.5, 0.6) is 0 Å². The highest BCUT2D eigenvalue weighted by Gasteiger charge is 2.39. The molecule has 0 saturated carbocycles. The molecule has 8 nitrogen and oxygen atoms in total. The van der Waals surface area contributed by atoms with Crippen LogP contribution in [0.4, 0.5) is 0 Å². The lowest BCUT2D eigenvalue weighted by molar-refractivity contribution is -0.276. The Hall–Kier alpha value is -4.99. The van der Waals surface area contributed by atoms with E-state index in [-0.39, 0.29) is 42.4 Å². The van der Waals surface area contributed by atoms with Crippen molar-refractivity contribution < 1.29 is 19.4 Å². The van der Waals surface area contributed by atoms with Gasteiger partial charge in [-0.3, -0.25) is 14.7 Å². The van der Waals surface area contributed by atoms with Gasteiger partial charge < -0.3 is 19.9 Å². The fraction of sp³-hybridized carbons (Fsp3) is 0.262. The van der Waals surface area contributed by atoms with Crippen LogP contribution in [0.25, 0.3) is 21.8 Å². The number of hydrogen-bond donors (Lipinski definition) is 2. The Bertz CT molecular complexity index is 2090. The second kappa shape index (κ2) is 14.9. The number of aliphatic hydroxyl groups excluding tert-OH is 1. The van der Waals surface area contributed by atoms with Crippen molar-refractivity contribution >= 4 is 27.7 Å². The van der Waals surface area contributed by atoms with E-state index in [9.17, 15) is 9.90 Å². The van der Waals surface area contributed by atoms with Crippen molar-refractivity contribution in [1.82, 2.24) is 20.2 Å². The van der Waals surface area contributed by atoms with E-state index in [4.69, 9.17) is 9.47 Å². The fourth-order valence-electron chi connectivity index (χ4n) is 6.62. The zero-order valence-corrected chi connectivity index (χ0v) is 28.6. The number of fused-ring (bicyclic) bond motifs is 2. The number of nitrogens with zero attached hydrogens (tertiary/aromatic N) is 3. The molecule has 8 heteroatoms. The number of likely N-dealkylation sites (N-methyl/N-ethyl adjacent to an activating group) is 1. The lowest BCUT2D eigenvalue weighted by Gasteiger charge is -2.43. The van der Waals surface area contributed by atoms with Gasteiger partial charge in [-0.25, -0.2) is 4.98 Å². The molecule has 5 aromatic carbocycles.